The molecule has 2 aliphatic heterocycles. The lowest BCUT2D eigenvalue weighted by Crippen LogP contribution is -2.44. The fourth-order valence-corrected chi connectivity index (χ4v) is 2.94. The van der Waals surface area contributed by atoms with Gasteiger partial charge in [-0.1, -0.05) is 6.08 Å². The Hall–Kier alpha value is -1.69. The van der Waals surface area contributed by atoms with Crippen LogP contribution in [0.2, 0.25) is 0 Å². The van der Waals surface area contributed by atoms with Crippen molar-refractivity contribution in [2.45, 2.75) is 39.2 Å². The van der Waals surface area contributed by atoms with Gasteiger partial charge >= 0.3 is 6.09 Å². The standard InChI is InChI=1S/C16H28N4O2/c1-16(2,3)22-15(21)20-10-7-12(13(17)14(20)18-4)11-5-8-19-9-6-11/h7,11,18-19H,5-6,8-10,17H2,1-4H3. The van der Waals surface area contributed by atoms with Gasteiger partial charge in [-0.05, 0) is 58.2 Å². The van der Waals surface area contributed by atoms with E-state index < -0.39 is 5.60 Å². The van der Waals surface area contributed by atoms with Crippen molar-refractivity contribution in [3.8, 4) is 0 Å². The van der Waals surface area contributed by atoms with Crippen LogP contribution in [0.15, 0.2) is 23.2 Å². The number of nitrogens with two attached hydrogens (primary N) is 1. The molecule has 1 amide bonds. The molecule has 2 heterocycles. The van der Waals surface area contributed by atoms with Crippen molar-refractivity contribution in [1.29, 1.82) is 0 Å². The average Bonchev–Trinajstić information content (AvgIpc) is 2.46. The average molecular weight is 308 g/mol. The van der Waals surface area contributed by atoms with E-state index in [1.54, 1.807) is 11.9 Å². The summed E-state index contributed by atoms with van der Waals surface area (Å²) < 4.78 is 5.46. The number of carbonyl (C=O) groups excluding carboxylic acids is 1. The zero-order chi connectivity index (χ0) is 16.3. The Bertz CT molecular complexity index is 485. The van der Waals surface area contributed by atoms with Crippen molar-refractivity contribution < 1.29 is 9.53 Å². The van der Waals surface area contributed by atoms with Crippen LogP contribution in [0.3, 0.4) is 0 Å². The van der Waals surface area contributed by atoms with E-state index in [0.717, 1.165) is 31.5 Å². The van der Waals surface area contributed by atoms with Crippen molar-refractivity contribution in [2.75, 3.05) is 26.7 Å². The van der Waals surface area contributed by atoms with Crippen LogP contribution >= 0.6 is 0 Å². The Labute approximate surface area is 132 Å². The topological polar surface area (TPSA) is 79.6 Å². The molecule has 0 bridgehead atoms. The Balaban J connectivity index is 2.18. The van der Waals surface area contributed by atoms with Gasteiger partial charge in [-0.15, -0.1) is 0 Å². The second-order valence-corrected chi connectivity index (χ2v) is 6.79. The number of nitrogens with one attached hydrogen (secondary N) is 2. The van der Waals surface area contributed by atoms with E-state index in [1.165, 1.54) is 0 Å². The highest BCUT2D eigenvalue weighted by molar-refractivity contribution is 5.71. The summed E-state index contributed by atoms with van der Waals surface area (Å²) in [6.07, 6.45) is 3.85. The first-order valence-electron chi connectivity index (χ1n) is 7.92. The smallest absolute Gasteiger partial charge is 0.416 e. The van der Waals surface area contributed by atoms with Crippen LogP contribution in [-0.4, -0.2) is 43.3 Å². The number of ether oxygens (including phenoxy) is 1. The van der Waals surface area contributed by atoms with Crippen LogP contribution in [-0.2, 0) is 4.74 Å². The number of piperidine rings is 1. The zero-order valence-corrected chi connectivity index (χ0v) is 14.0. The molecule has 0 saturated carbocycles. The molecule has 22 heavy (non-hydrogen) atoms. The van der Waals surface area contributed by atoms with E-state index in [1.807, 2.05) is 20.8 Å². The Kier molecular flexibility index (Phi) is 5.01. The molecule has 0 aliphatic carbocycles. The monoisotopic (exact) mass is 308 g/mol. The highest BCUT2D eigenvalue weighted by Gasteiger charge is 2.31. The summed E-state index contributed by atoms with van der Waals surface area (Å²) in [7, 11) is 1.78. The van der Waals surface area contributed by atoms with Gasteiger partial charge in [-0.2, -0.15) is 0 Å². The molecule has 0 unspecified atom stereocenters. The van der Waals surface area contributed by atoms with Crippen LogP contribution in [0.1, 0.15) is 33.6 Å². The molecule has 0 aromatic heterocycles. The normalized spacial score (nSPS) is 20.7. The Morgan fingerprint density at radius 2 is 2.05 bits per heavy atom. The van der Waals surface area contributed by atoms with Gasteiger partial charge in [0.05, 0.1) is 5.70 Å². The van der Waals surface area contributed by atoms with Crippen LogP contribution in [0.25, 0.3) is 0 Å². The molecule has 124 valence electrons. The highest BCUT2D eigenvalue weighted by Crippen LogP contribution is 2.30. The lowest BCUT2D eigenvalue weighted by molar-refractivity contribution is 0.0315. The molecular formula is C16H28N4O2. The van der Waals surface area contributed by atoms with Crippen molar-refractivity contribution >= 4 is 6.09 Å². The highest BCUT2D eigenvalue weighted by atomic mass is 16.6. The first kappa shape index (κ1) is 16.7. The molecule has 1 fully saturated rings. The first-order valence-corrected chi connectivity index (χ1v) is 7.92. The summed E-state index contributed by atoms with van der Waals surface area (Å²) in [4.78, 5) is 13.9. The Morgan fingerprint density at radius 1 is 1.41 bits per heavy atom. The first-order chi connectivity index (χ1) is 10.3. The van der Waals surface area contributed by atoms with Crippen LogP contribution in [0.4, 0.5) is 4.79 Å². The third-order valence-electron chi connectivity index (χ3n) is 3.96. The number of nitrogens with zero attached hydrogens (tertiary/aromatic N) is 1. The molecule has 0 aromatic rings. The number of hydrogen-bond acceptors (Lipinski definition) is 5. The predicted octanol–water partition coefficient (Wildman–Crippen LogP) is 1.51. The molecule has 6 heteroatoms. The predicted molar refractivity (Wildman–Crippen MR) is 86.9 cm³/mol. The third-order valence-corrected chi connectivity index (χ3v) is 3.96. The van der Waals surface area contributed by atoms with Crippen molar-refractivity contribution in [3.05, 3.63) is 23.2 Å². The Morgan fingerprint density at radius 3 is 2.59 bits per heavy atom. The number of rotatable bonds is 2. The van der Waals surface area contributed by atoms with Gasteiger partial charge < -0.3 is 21.1 Å². The van der Waals surface area contributed by atoms with Gasteiger partial charge in [0, 0.05) is 13.6 Å². The second kappa shape index (κ2) is 6.60. The van der Waals surface area contributed by atoms with E-state index in [4.69, 9.17) is 10.5 Å². The molecule has 0 aromatic carbocycles. The molecule has 2 rings (SSSR count). The largest absolute Gasteiger partial charge is 0.443 e. The van der Waals surface area contributed by atoms with Crippen molar-refractivity contribution in [3.63, 3.8) is 0 Å². The van der Waals surface area contributed by atoms with E-state index in [0.29, 0.717) is 24.0 Å². The fourth-order valence-electron chi connectivity index (χ4n) is 2.94. The van der Waals surface area contributed by atoms with Gasteiger partial charge in [0.2, 0.25) is 0 Å². The molecule has 0 atom stereocenters. The van der Waals surface area contributed by atoms with E-state index >= 15 is 0 Å². The molecular weight excluding hydrogens is 280 g/mol. The zero-order valence-electron chi connectivity index (χ0n) is 14.0. The van der Waals surface area contributed by atoms with Crippen molar-refractivity contribution in [1.82, 2.24) is 15.5 Å². The SMILES string of the molecule is CNC1=C(N)C(C2CCNCC2)=CCN1C(=O)OC(C)(C)C. The lowest BCUT2D eigenvalue weighted by atomic mass is 9.86. The minimum atomic E-state index is -0.524. The minimum Gasteiger partial charge on any atom is -0.443 e. The summed E-state index contributed by atoms with van der Waals surface area (Å²) in [5.41, 5.74) is 7.63. The van der Waals surface area contributed by atoms with E-state index in [-0.39, 0.29) is 6.09 Å². The third kappa shape index (κ3) is 3.74. The molecule has 0 spiro atoms. The lowest BCUT2D eigenvalue weighted by Gasteiger charge is -2.34. The van der Waals surface area contributed by atoms with Gasteiger partial charge in [0.1, 0.15) is 11.4 Å². The molecule has 4 N–H and O–H groups in total. The minimum absolute atomic E-state index is 0.375. The summed E-state index contributed by atoms with van der Waals surface area (Å²) in [5.74, 6) is 1.11. The van der Waals surface area contributed by atoms with Gasteiger partial charge in [0.15, 0.2) is 0 Å². The number of amides is 1. The van der Waals surface area contributed by atoms with Crippen molar-refractivity contribution in [2.24, 2.45) is 11.7 Å². The number of hydrogen-bond donors (Lipinski definition) is 3. The summed E-state index contributed by atoms with van der Waals surface area (Å²) in [5, 5.41) is 6.43. The number of allylic oxidation sites excluding steroid dienone is 1. The van der Waals surface area contributed by atoms with Crippen LogP contribution in [0, 0.1) is 5.92 Å². The van der Waals surface area contributed by atoms with Gasteiger partial charge in [0.25, 0.3) is 0 Å². The molecule has 0 radical (unpaired) electrons. The van der Waals surface area contributed by atoms with E-state index in [9.17, 15) is 4.79 Å². The maximum atomic E-state index is 12.3. The molecule has 1 saturated heterocycles. The fraction of sp³-hybridized carbons (Fsp3) is 0.688. The molecule has 6 nitrogen and oxygen atoms in total. The molecule has 2 aliphatic rings. The number of carbonyl (C=O) groups is 1. The van der Waals surface area contributed by atoms with Gasteiger partial charge in [-0.3, -0.25) is 4.90 Å². The summed E-state index contributed by atoms with van der Waals surface area (Å²) in [6, 6.07) is 0. The van der Waals surface area contributed by atoms with Gasteiger partial charge in [-0.25, -0.2) is 4.79 Å². The van der Waals surface area contributed by atoms with E-state index in [2.05, 4.69) is 16.7 Å². The van der Waals surface area contributed by atoms with Crippen LogP contribution in [0.5, 0.6) is 0 Å². The maximum absolute atomic E-state index is 12.3. The second-order valence-electron chi connectivity index (χ2n) is 6.79. The summed E-state index contributed by atoms with van der Waals surface area (Å²) in [6.45, 7) is 8.09. The quantitative estimate of drug-likeness (QED) is 0.720. The summed E-state index contributed by atoms with van der Waals surface area (Å²) >= 11 is 0. The maximum Gasteiger partial charge on any atom is 0.416 e. The van der Waals surface area contributed by atoms with Crippen LogP contribution < -0.4 is 16.4 Å².